The molecule has 2 rings (SSSR count). The van der Waals surface area contributed by atoms with Crippen molar-refractivity contribution >= 4 is 17.3 Å². The predicted octanol–water partition coefficient (Wildman–Crippen LogP) is 2.09. The van der Waals surface area contributed by atoms with E-state index in [0.717, 1.165) is 19.4 Å². The Morgan fingerprint density at radius 2 is 2.25 bits per heavy atom. The number of hydrogen-bond donors (Lipinski definition) is 2. The molecule has 0 bridgehead atoms. The number of rotatable bonds is 4. The first-order valence-electron chi connectivity index (χ1n) is 6.91. The summed E-state index contributed by atoms with van der Waals surface area (Å²) in [6.45, 7) is 5.71. The minimum atomic E-state index is -0.0381. The molecule has 1 fully saturated rings. The Kier molecular flexibility index (Phi) is 4.18. The number of benzene rings is 1. The fourth-order valence-corrected chi connectivity index (χ4v) is 2.64. The highest BCUT2D eigenvalue weighted by molar-refractivity contribution is 5.94. The molecule has 110 valence electrons. The van der Waals surface area contributed by atoms with Crippen LogP contribution < -0.4 is 15.8 Å². The maximum Gasteiger partial charge on any atom is 0.238 e. The van der Waals surface area contributed by atoms with E-state index >= 15 is 0 Å². The van der Waals surface area contributed by atoms with E-state index in [0.29, 0.717) is 23.7 Å². The number of carbonyl (C=O) groups excluding carboxylic acids is 1. The number of ether oxygens (including phenoxy) is 1. The third kappa shape index (κ3) is 3.22. The molecule has 1 saturated heterocycles. The molecule has 0 radical (unpaired) electrons. The molecule has 1 aromatic carbocycles. The molecule has 0 unspecified atom stereocenters. The molecule has 1 amide bonds. The second kappa shape index (κ2) is 5.71. The van der Waals surface area contributed by atoms with E-state index in [9.17, 15) is 4.79 Å². The van der Waals surface area contributed by atoms with Crippen LogP contribution >= 0.6 is 0 Å². The molecular weight excluding hydrogens is 254 g/mol. The van der Waals surface area contributed by atoms with Crippen LogP contribution in [-0.4, -0.2) is 36.5 Å². The average Bonchev–Trinajstić information content (AvgIpc) is 2.69. The zero-order chi connectivity index (χ0) is 14.8. The van der Waals surface area contributed by atoms with Gasteiger partial charge in [0.1, 0.15) is 5.75 Å². The summed E-state index contributed by atoms with van der Waals surface area (Å²) in [7, 11) is 1.57. The second-order valence-corrected chi connectivity index (χ2v) is 5.85. The van der Waals surface area contributed by atoms with Gasteiger partial charge in [-0.15, -0.1) is 0 Å². The normalized spacial score (nSPS) is 17.9. The summed E-state index contributed by atoms with van der Waals surface area (Å²) in [5.74, 6) is 0.581. The minimum absolute atomic E-state index is 0.0381. The van der Waals surface area contributed by atoms with Gasteiger partial charge in [0, 0.05) is 11.2 Å². The van der Waals surface area contributed by atoms with E-state index in [4.69, 9.17) is 10.5 Å². The SMILES string of the molecule is COc1ccc(N)cc1NC(=O)CN1CCCC1(C)C. The highest BCUT2D eigenvalue weighted by Crippen LogP contribution is 2.29. The van der Waals surface area contributed by atoms with E-state index in [1.807, 2.05) is 0 Å². The van der Waals surface area contributed by atoms with E-state index in [2.05, 4.69) is 24.1 Å². The molecule has 1 heterocycles. The van der Waals surface area contributed by atoms with Crippen LogP contribution in [0.5, 0.6) is 5.75 Å². The molecule has 0 spiro atoms. The van der Waals surface area contributed by atoms with Gasteiger partial charge in [-0.25, -0.2) is 0 Å². The molecule has 0 saturated carbocycles. The van der Waals surface area contributed by atoms with Gasteiger partial charge in [0.05, 0.1) is 19.3 Å². The Balaban J connectivity index is 2.03. The van der Waals surface area contributed by atoms with Crippen molar-refractivity contribution in [1.29, 1.82) is 0 Å². The Morgan fingerprint density at radius 1 is 1.50 bits per heavy atom. The van der Waals surface area contributed by atoms with Crippen molar-refractivity contribution in [2.75, 3.05) is 31.2 Å². The van der Waals surface area contributed by atoms with Crippen molar-refractivity contribution in [1.82, 2.24) is 4.90 Å². The molecule has 5 heteroatoms. The maximum atomic E-state index is 12.2. The number of anilines is 2. The lowest BCUT2D eigenvalue weighted by atomic mass is 10.0. The highest BCUT2D eigenvalue weighted by atomic mass is 16.5. The highest BCUT2D eigenvalue weighted by Gasteiger charge is 2.32. The number of amides is 1. The Bertz CT molecular complexity index is 500. The Morgan fingerprint density at radius 3 is 2.85 bits per heavy atom. The lowest BCUT2D eigenvalue weighted by Crippen LogP contribution is -2.42. The third-order valence-corrected chi connectivity index (χ3v) is 3.90. The number of hydrogen-bond acceptors (Lipinski definition) is 4. The molecule has 0 aromatic heterocycles. The van der Waals surface area contributed by atoms with Gasteiger partial charge in [0.25, 0.3) is 0 Å². The van der Waals surface area contributed by atoms with Crippen LogP contribution in [0.2, 0.25) is 0 Å². The number of nitrogens with two attached hydrogens (primary N) is 1. The zero-order valence-electron chi connectivity index (χ0n) is 12.4. The summed E-state index contributed by atoms with van der Waals surface area (Å²) in [6.07, 6.45) is 2.27. The Hall–Kier alpha value is -1.75. The maximum absolute atomic E-state index is 12.2. The van der Waals surface area contributed by atoms with Crippen LogP contribution in [0, 0.1) is 0 Å². The predicted molar refractivity (Wildman–Crippen MR) is 80.9 cm³/mol. The van der Waals surface area contributed by atoms with E-state index in [1.54, 1.807) is 25.3 Å². The number of likely N-dealkylation sites (tertiary alicyclic amines) is 1. The van der Waals surface area contributed by atoms with Crippen molar-refractivity contribution in [2.24, 2.45) is 0 Å². The molecular formula is C15H23N3O2. The van der Waals surface area contributed by atoms with Gasteiger partial charge in [-0.3, -0.25) is 9.69 Å². The van der Waals surface area contributed by atoms with E-state index < -0.39 is 0 Å². The number of nitrogen functional groups attached to an aromatic ring is 1. The molecule has 5 nitrogen and oxygen atoms in total. The first-order chi connectivity index (χ1) is 9.42. The number of nitrogens with zero attached hydrogens (tertiary/aromatic N) is 1. The second-order valence-electron chi connectivity index (χ2n) is 5.85. The molecule has 1 aromatic rings. The standard InChI is InChI=1S/C15H23N3O2/c1-15(2)7-4-8-18(15)10-14(19)17-12-9-11(16)5-6-13(12)20-3/h5-6,9H,4,7-8,10,16H2,1-3H3,(H,17,19). The van der Waals surface area contributed by atoms with Gasteiger partial charge < -0.3 is 15.8 Å². The summed E-state index contributed by atoms with van der Waals surface area (Å²) in [4.78, 5) is 14.4. The molecule has 20 heavy (non-hydrogen) atoms. The van der Waals surface area contributed by atoms with Crippen LogP contribution in [0.3, 0.4) is 0 Å². The largest absolute Gasteiger partial charge is 0.495 e. The molecule has 3 N–H and O–H groups in total. The van der Waals surface area contributed by atoms with Gasteiger partial charge in [-0.2, -0.15) is 0 Å². The van der Waals surface area contributed by atoms with Crippen molar-refractivity contribution in [3.63, 3.8) is 0 Å². The van der Waals surface area contributed by atoms with Crippen LogP contribution in [0.15, 0.2) is 18.2 Å². The van der Waals surface area contributed by atoms with Gasteiger partial charge in [-0.1, -0.05) is 0 Å². The Labute approximate surface area is 120 Å². The van der Waals surface area contributed by atoms with Crippen LogP contribution in [0.25, 0.3) is 0 Å². The zero-order valence-corrected chi connectivity index (χ0v) is 12.4. The quantitative estimate of drug-likeness (QED) is 0.827. The van der Waals surface area contributed by atoms with E-state index in [-0.39, 0.29) is 11.4 Å². The van der Waals surface area contributed by atoms with Gasteiger partial charge >= 0.3 is 0 Å². The van der Waals surface area contributed by atoms with Gasteiger partial charge in [-0.05, 0) is 51.4 Å². The van der Waals surface area contributed by atoms with Crippen molar-refractivity contribution in [3.05, 3.63) is 18.2 Å². The van der Waals surface area contributed by atoms with Gasteiger partial charge in [0.2, 0.25) is 5.91 Å². The number of carbonyl (C=O) groups is 1. The first kappa shape index (κ1) is 14.7. The molecule has 1 aliphatic rings. The first-order valence-corrected chi connectivity index (χ1v) is 6.91. The fraction of sp³-hybridized carbons (Fsp3) is 0.533. The lowest BCUT2D eigenvalue weighted by Gasteiger charge is -2.30. The molecule has 1 aliphatic heterocycles. The van der Waals surface area contributed by atoms with E-state index in [1.165, 1.54) is 0 Å². The average molecular weight is 277 g/mol. The summed E-state index contributed by atoms with van der Waals surface area (Å²) in [5, 5.41) is 2.88. The molecule has 0 atom stereocenters. The number of methoxy groups -OCH3 is 1. The minimum Gasteiger partial charge on any atom is -0.495 e. The third-order valence-electron chi connectivity index (χ3n) is 3.90. The van der Waals surface area contributed by atoms with Crippen LogP contribution in [0.1, 0.15) is 26.7 Å². The van der Waals surface area contributed by atoms with Gasteiger partial charge in [0.15, 0.2) is 0 Å². The fourth-order valence-electron chi connectivity index (χ4n) is 2.64. The monoisotopic (exact) mass is 277 g/mol. The summed E-state index contributed by atoms with van der Waals surface area (Å²) in [5.41, 5.74) is 7.06. The summed E-state index contributed by atoms with van der Waals surface area (Å²) < 4.78 is 5.23. The topological polar surface area (TPSA) is 67.6 Å². The van der Waals surface area contributed by atoms with Crippen LogP contribution in [0.4, 0.5) is 11.4 Å². The van der Waals surface area contributed by atoms with Crippen LogP contribution in [-0.2, 0) is 4.79 Å². The van der Waals surface area contributed by atoms with Crippen molar-refractivity contribution in [3.8, 4) is 5.75 Å². The van der Waals surface area contributed by atoms with Crippen molar-refractivity contribution in [2.45, 2.75) is 32.2 Å². The smallest absolute Gasteiger partial charge is 0.238 e. The molecule has 0 aliphatic carbocycles. The number of nitrogens with one attached hydrogen (secondary N) is 1. The summed E-state index contributed by atoms with van der Waals surface area (Å²) >= 11 is 0. The lowest BCUT2D eigenvalue weighted by molar-refractivity contribution is -0.118. The summed E-state index contributed by atoms with van der Waals surface area (Å²) in [6, 6.07) is 5.22. The van der Waals surface area contributed by atoms with Crippen molar-refractivity contribution < 1.29 is 9.53 Å².